The smallest absolute Gasteiger partial charge is 0.343 e. The second-order valence-corrected chi connectivity index (χ2v) is 5.63. The fourth-order valence-electron chi connectivity index (χ4n) is 1.89. The Balaban J connectivity index is 1.97. The van der Waals surface area contributed by atoms with E-state index in [1.165, 1.54) is 19.2 Å². The third-order valence-corrected chi connectivity index (χ3v) is 3.16. The van der Waals surface area contributed by atoms with Gasteiger partial charge in [-0.1, -0.05) is 13.8 Å². The van der Waals surface area contributed by atoms with Gasteiger partial charge in [0.25, 0.3) is 0 Å². The van der Waals surface area contributed by atoms with E-state index in [0.29, 0.717) is 35.2 Å². The topological polar surface area (TPSA) is 61.8 Å². The zero-order valence-electron chi connectivity index (χ0n) is 13.9. The van der Waals surface area contributed by atoms with Gasteiger partial charge in [-0.2, -0.15) is 0 Å². The van der Waals surface area contributed by atoms with Crippen LogP contribution in [0.15, 0.2) is 48.5 Å². The molecule has 24 heavy (non-hydrogen) atoms. The number of carbonyl (C=O) groups excluding carboxylic acids is 2. The van der Waals surface area contributed by atoms with Gasteiger partial charge in [0.15, 0.2) is 0 Å². The Kier molecular flexibility index (Phi) is 5.95. The molecule has 0 aromatic heterocycles. The van der Waals surface area contributed by atoms with Crippen LogP contribution in [0.3, 0.4) is 0 Å². The molecule has 0 aliphatic carbocycles. The van der Waals surface area contributed by atoms with E-state index in [2.05, 4.69) is 18.6 Å². The van der Waals surface area contributed by atoms with Crippen molar-refractivity contribution in [1.82, 2.24) is 0 Å². The molecule has 2 aromatic rings. The number of rotatable bonds is 6. The quantitative estimate of drug-likeness (QED) is 0.597. The van der Waals surface area contributed by atoms with Crippen molar-refractivity contribution in [3.05, 3.63) is 59.7 Å². The van der Waals surface area contributed by atoms with E-state index in [1.807, 2.05) is 0 Å². The van der Waals surface area contributed by atoms with E-state index in [-0.39, 0.29) is 0 Å². The zero-order valence-corrected chi connectivity index (χ0v) is 13.9. The minimum atomic E-state index is -0.476. The lowest BCUT2D eigenvalue weighted by atomic mass is 10.2. The number of hydrogen-bond acceptors (Lipinski definition) is 5. The molecule has 0 radical (unpaired) electrons. The van der Waals surface area contributed by atoms with E-state index >= 15 is 0 Å². The second kappa shape index (κ2) is 8.15. The van der Waals surface area contributed by atoms with Gasteiger partial charge in [0.2, 0.25) is 0 Å². The first-order valence-corrected chi connectivity index (χ1v) is 7.63. The minimum absolute atomic E-state index is 0.354. The van der Waals surface area contributed by atoms with Crippen molar-refractivity contribution in [2.45, 2.75) is 13.8 Å². The lowest BCUT2D eigenvalue weighted by Gasteiger charge is -2.09. The molecule has 2 rings (SSSR count). The number of methoxy groups -OCH3 is 1. The van der Waals surface area contributed by atoms with Gasteiger partial charge < -0.3 is 14.2 Å². The average molecular weight is 328 g/mol. The predicted molar refractivity (Wildman–Crippen MR) is 89.5 cm³/mol. The fraction of sp³-hybridized carbons (Fsp3) is 0.263. The molecule has 0 atom stereocenters. The van der Waals surface area contributed by atoms with Crippen molar-refractivity contribution in [2.75, 3.05) is 13.7 Å². The summed E-state index contributed by atoms with van der Waals surface area (Å²) in [6.07, 6.45) is 0. The summed E-state index contributed by atoms with van der Waals surface area (Å²) in [5.74, 6) is 0.583. The molecule has 0 heterocycles. The largest absolute Gasteiger partial charge is 0.493 e. The molecule has 0 saturated carbocycles. The van der Waals surface area contributed by atoms with Crippen LogP contribution in [-0.4, -0.2) is 25.7 Å². The molecule has 0 aliphatic rings. The van der Waals surface area contributed by atoms with Crippen LogP contribution in [0.5, 0.6) is 11.5 Å². The van der Waals surface area contributed by atoms with Crippen molar-refractivity contribution >= 4 is 11.9 Å². The summed E-state index contributed by atoms with van der Waals surface area (Å²) >= 11 is 0. The summed E-state index contributed by atoms with van der Waals surface area (Å²) < 4.78 is 15.5. The first-order chi connectivity index (χ1) is 11.5. The monoisotopic (exact) mass is 328 g/mol. The number of benzene rings is 2. The van der Waals surface area contributed by atoms with E-state index in [4.69, 9.17) is 9.47 Å². The molecule has 0 spiro atoms. The first-order valence-electron chi connectivity index (χ1n) is 7.63. The van der Waals surface area contributed by atoms with Crippen LogP contribution in [0.4, 0.5) is 0 Å². The molecule has 0 unspecified atom stereocenters. The molecule has 0 aliphatic heterocycles. The molecule has 0 amide bonds. The van der Waals surface area contributed by atoms with E-state index in [9.17, 15) is 9.59 Å². The summed E-state index contributed by atoms with van der Waals surface area (Å²) in [7, 11) is 1.31. The van der Waals surface area contributed by atoms with Crippen molar-refractivity contribution in [3.8, 4) is 11.5 Å². The molecule has 126 valence electrons. The maximum Gasteiger partial charge on any atom is 0.343 e. The van der Waals surface area contributed by atoms with Crippen molar-refractivity contribution in [3.63, 3.8) is 0 Å². The summed E-state index contributed by atoms with van der Waals surface area (Å²) in [5.41, 5.74) is 0.813. The molecule has 5 nitrogen and oxygen atoms in total. The van der Waals surface area contributed by atoms with E-state index in [1.54, 1.807) is 36.4 Å². The van der Waals surface area contributed by atoms with Gasteiger partial charge in [0, 0.05) is 0 Å². The first kappa shape index (κ1) is 17.5. The van der Waals surface area contributed by atoms with Gasteiger partial charge in [-0.15, -0.1) is 0 Å². The Hall–Kier alpha value is -2.82. The molecule has 2 aromatic carbocycles. The van der Waals surface area contributed by atoms with Gasteiger partial charge in [-0.3, -0.25) is 0 Å². The maximum atomic E-state index is 12.1. The van der Waals surface area contributed by atoms with E-state index < -0.39 is 11.9 Å². The number of ether oxygens (including phenoxy) is 3. The van der Waals surface area contributed by atoms with Gasteiger partial charge in [0.05, 0.1) is 24.8 Å². The highest BCUT2D eigenvalue weighted by Crippen LogP contribution is 2.17. The Labute approximate surface area is 141 Å². The SMILES string of the molecule is COC(=O)c1ccc(OC(=O)c2ccc(OCC(C)C)cc2)cc1. The minimum Gasteiger partial charge on any atom is -0.493 e. The Bertz CT molecular complexity index is 687. The van der Waals surface area contributed by atoms with Crippen LogP contribution >= 0.6 is 0 Å². The third-order valence-electron chi connectivity index (χ3n) is 3.16. The fourth-order valence-corrected chi connectivity index (χ4v) is 1.89. The van der Waals surface area contributed by atoms with Crippen molar-refractivity contribution in [2.24, 2.45) is 5.92 Å². The molecule has 0 saturated heterocycles. The number of esters is 2. The van der Waals surface area contributed by atoms with Gasteiger partial charge >= 0.3 is 11.9 Å². The third kappa shape index (κ3) is 4.84. The van der Waals surface area contributed by atoms with E-state index in [0.717, 1.165) is 0 Å². The molecular formula is C19H20O5. The number of carbonyl (C=O) groups is 2. The zero-order chi connectivity index (χ0) is 17.5. The molecule has 0 bridgehead atoms. The van der Waals surface area contributed by atoms with Crippen LogP contribution in [-0.2, 0) is 4.74 Å². The summed E-state index contributed by atoms with van der Waals surface area (Å²) in [5, 5.41) is 0. The van der Waals surface area contributed by atoms with Crippen molar-refractivity contribution in [1.29, 1.82) is 0 Å². The van der Waals surface area contributed by atoms with Crippen LogP contribution in [0.2, 0.25) is 0 Å². The average Bonchev–Trinajstić information content (AvgIpc) is 2.60. The van der Waals surface area contributed by atoms with Crippen LogP contribution in [0.1, 0.15) is 34.6 Å². The predicted octanol–water partition coefficient (Wildman–Crippen LogP) is 3.73. The van der Waals surface area contributed by atoms with Gasteiger partial charge in [0.1, 0.15) is 11.5 Å². The van der Waals surface area contributed by atoms with Crippen LogP contribution < -0.4 is 9.47 Å². The lowest BCUT2D eigenvalue weighted by Crippen LogP contribution is -2.09. The molecule has 0 N–H and O–H groups in total. The molecule has 5 heteroatoms. The lowest BCUT2D eigenvalue weighted by molar-refractivity contribution is 0.0600. The summed E-state index contributed by atoms with van der Waals surface area (Å²) in [6.45, 7) is 4.75. The Morgan fingerprint density at radius 1 is 0.833 bits per heavy atom. The standard InChI is InChI=1S/C19H20O5/c1-13(2)12-23-16-8-4-15(5-9-16)19(21)24-17-10-6-14(7-11-17)18(20)22-3/h4-11,13H,12H2,1-3H3. The number of hydrogen-bond donors (Lipinski definition) is 0. The molecule has 0 fully saturated rings. The second-order valence-electron chi connectivity index (χ2n) is 5.63. The van der Waals surface area contributed by atoms with Crippen LogP contribution in [0, 0.1) is 5.92 Å². The Morgan fingerprint density at radius 2 is 1.33 bits per heavy atom. The van der Waals surface area contributed by atoms with Crippen molar-refractivity contribution < 1.29 is 23.8 Å². The highest BCUT2D eigenvalue weighted by molar-refractivity contribution is 5.92. The highest BCUT2D eigenvalue weighted by Gasteiger charge is 2.10. The molecular weight excluding hydrogens is 308 g/mol. The normalized spacial score (nSPS) is 10.3. The van der Waals surface area contributed by atoms with Crippen LogP contribution in [0.25, 0.3) is 0 Å². The summed E-state index contributed by atoms with van der Waals surface area (Å²) in [6, 6.07) is 12.9. The maximum absolute atomic E-state index is 12.1. The highest BCUT2D eigenvalue weighted by atomic mass is 16.5. The van der Waals surface area contributed by atoms with Gasteiger partial charge in [-0.05, 0) is 54.4 Å². The summed E-state index contributed by atoms with van der Waals surface area (Å²) in [4.78, 5) is 23.5. The van der Waals surface area contributed by atoms with Gasteiger partial charge in [-0.25, -0.2) is 9.59 Å². The Morgan fingerprint density at radius 3 is 1.83 bits per heavy atom.